The monoisotopic (exact) mass is 626 g/mol. The van der Waals surface area contributed by atoms with Crippen LogP contribution in [0.5, 0.6) is 0 Å². The van der Waals surface area contributed by atoms with Crippen molar-refractivity contribution >= 4 is 17.3 Å². The number of piperazine rings is 1. The molecular formula is C34H42N8O4. The molecule has 6 rings (SSSR count). The lowest BCUT2D eigenvalue weighted by molar-refractivity contribution is -0.385. The summed E-state index contributed by atoms with van der Waals surface area (Å²) in [6.07, 6.45) is 12.2. The number of aromatic nitrogens is 2. The van der Waals surface area contributed by atoms with Crippen molar-refractivity contribution in [3.8, 4) is 11.1 Å². The Balaban J connectivity index is 1.18. The molecule has 0 spiro atoms. The van der Waals surface area contributed by atoms with Crippen molar-refractivity contribution in [3.05, 3.63) is 100 Å². The van der Waals surface area contributed by atoms with Gasteiger partial charge in [-0.3, -0.25) is 24.6 Å². The number of rotatable bonds is 9. The van der Waals surface area contributed by atoms with Gasteiger partial charge < -0.3 is 21.1 Å². The van der Waals surface area contributed by atoms with Gasteiger partial charge in [0.15, 0.2) is 0 Å². The van der Waals surface area contributed by atoms with E-state index < -0.39 is 17.3 Å². The standard InChI is InChI=1S/C34H42N8O4/c1-38-15-17-40(18-16-38)22-29-10-9-27(19-31(29)42(44)45)26-7-5-25(6-8-26)24-46-33(12-3-4-13-33)34(36)14-11-28(23-41(34)32(35)43)30-20-37-39(2)21-30/h5-11,14,19-21,23H,3-4,12-13,15-18,22,24,36H2,1-2H3,(H2,35,43)/t34-/m0/s1. The molecule has 2 amide bonds. The number of primary amides is 1. The maximum Gasteiger partial charge on any atom is 0.320 e. The SMILES string of the molecule is CN1CCN(Cc2ccc(-c3ccc(COC4([C@]5(N)C=CC(c6cnn(C)c6)=CN5C(N)=O)CCCC4)cc3)cc2[N+](=O)[O-])CC1. The number of hydrogen-bond donors (Lipinski definition) is 2. The Morgan fingerprint density at radius 3 is 2.35 bits per heavy atom. The summed E-state index contributed by atoms with van der Waals surface area (Å²) in [4.78, 5) is 30.4. The average Bonchev–Trinajstić information content (AvgIpc) is 3.72. The lowest BCUT2D eigenvalue weighted by atomic mass is 9.82. The van der Waals surface area contributed by atoms with Gasteiger partial charge in [0.05, 0.1) is 17.7 Å². The second-order valence-corrected chi connectivity index (χ2v) is 12.7. The van der Waals surface area contributed by atoms with E-state index >= 15 is 0 Å². The third kappa shape index (κ3) is 6.21. The van der Waals surface area contributed by atoms with Crippen molar-refractivity contribution in [3.63, 3.8) is 0 Å². The van der Waals surface area contributed by atoms with E-state index in [1.165, 1.54) is 4.90 Å². The molecule has 242 valence electrons. The summed E-state index contributed by atoms with van der Waals surface area (Å²) in [6.45, 7) is 4.55. The minimum Gasteiger partial charge on any atom is -0.366 e. The summed E-state index contributed by atoms with van der Waals surface area (Å²) in [7, 11) is 3.93. The largest absolute Gasteiger partial charge is 0.366 e. The van der Waals surface area contributed by atoms with E-state index in [1.54, 1.807) is 23.1 Å². The number of benzene rings is 2. The molecule has 0 radical (unpaired) electrons. The number of likely N-dealkylation sites (N-methyl/N-ethyl adjacent to an activating group) is 1. The van der Waals surface area contributed by atoms with Crippen LogP contribution in [0, 0.1) is 10.1 Å². The fraction of sp³-hybridized carbons (Fsp3) is 0.412. The van der Waals surface area contributed by atoms with Crippen LogP contribution >= 0.6 is 0 Å². The van der Waals surface area contributed by atoms with Crippen molar-refractivity contribution in [2.75, 3.05) is 33.2 Å². The predicted octanol–water partition coefficient (Wildman–Crippen LogP) is 4.22. The lowest BCUT2D eigenvalue weighted by Gasteiger charge is -2.50. The average molecular weight is 627 g/mol. The number of allylic oxidation sites excluding steroid dienone is 2. The molecule has 1 aliphatic carbocycles. The number of carbonyl (C=O) groups excluding carboxylic acids is 1. The summed E-state index contributed by atoms with van der Waals surface area (Å²) in [5.74, 6) is 0. The maximum atomic E-state index is 12.8. The molecule has 1 atom stereocenters. The molecule has 4 N–H and O–H groups in total. The molecule has 2 aromatic carbocycles. The molecule has 46 heavy (non-hydrogen) atoms. The predicted molar refractivity (Wildman–Crippen MR) is 176 cm³/mol. The fourth-order valence-corrected chi connectivity index (χ4v) is 6.86. The second kappa shape index (κ2) is 12.8. The van der Waals surface area contributed by atoms with E-state index in [9.17, 15) is 14.9 Å². The second-order valence-electron chi connectivity index (χ2n) is 12.7. The summed E-state index contributed by atoms with van der Waals surface area (Å²) in [6, 6.07) is 12.7. The number of nitrogens with zero attached hydrogens (tertiary/aromatic N) is 6. The molecule has 2 fully saturated rings. The Bertz CT molecular complexity index is 1650. The number of nitro groups is 1. The van der Waals surface area contributed by atoms with Gasteiger partial charge in [-0.15, -0.1) is 0 Å². The van der Waals surface area contributed by atoms with Gasteiger partial charge in [0.1, 0.15) is 11.3 Å². The van der Waals surface area contributed by atoms with Crippen molar-refractivity contribution < 1.29 is 14.5 Å². The minimum atomic E-state index is -1.27. The Morgan fingerprint density at radius 2 is 1.72 bits per heavy atom. The van der Waals surface area contributed by atoms with Crippen molar-refractivity contribution in [2.45, 2.75) is 50.1 Å². The molecule has 1 saturated heterocycles. The summed E-state index contributed by atoms with van der Waals surface area (Å²) < 4.78 is 8.36. The summed E-state index contributed by atoms with van der Waals surface area (Å²) >= 11 is 0. The highest BCUT2D eigenvalue weighted by Crippen LogP contribution is 2.46. The normalized spacial score (nSPS) is 21.8. The number of ether oxygens (including phenoxy) is 1. The number of urea groups is 1. The van der Waals surface area contributed by atoms with Crippen LogP contribution in [0.1, 0.15) is 42.4 Å². The third-order valence-corrected chi connectivity index (χ3v) is 9.67. The highest BCUT2D eigenvalue weighted by molar-refractivity contribution is 5.82. The third-order valence-electron chi connectivity index (χ3n) is 9.67. The van der Waals surface area contributed by atoms with E-state index in [0.717, 1.165) is 72.4 Å². The zero-order valence-electron chi connectivity index (χ0n) is 26.5. The number of amides is 2. The van der Waals surface area contributed by atoms with Crippen molar-refractivity contribution in [1.29, 1.82) is 0 Å². The number of nitro benzene ring substituents is 1. The van der Waals surface area contributed by atoms with Gasteiger partial charge in [0, 0.05) is 74.9 Å². The first-order valence-corrected chi connectivity index (χ1v) is 15.8. The molecule has 1 aromatic heterocycles. The van der Waals surface area contributed by atoms with Crippen LogP contribution in [0.15, 0.2) is 73.2 Å². The van der Waals surface area contributed by atoms with Gasteiger partial charge >= 0.3 is 6.03 Å². The van der Waals surface area contributed by atoms with Crippen LogP contribution < -0.4 is 11.5 Å². The number of nitrogens with two attached hydrogens (primary N) is 2. The molecule has 12 heteroatoms. The zero-order chi connectivity index (χ0) is 32.5. The molecule has 12 nitrogen and oxygen atoms in total. The Kier molecular flexibility index (Phi) is 8.80. The van der Waals surface area contributed by atoms with Crippen molar-refractivity contribution in [2.24, 2.45) is 18.5 Å². The van der Waals surface area contributed by atoms with Crippen LogP contribution in [-0.4, -0.2) is 79.9 Å². The number of carbonyl (C=O) groups is 1. The first-order valence-electron chi connectivity index (χ1n) is 15.8. The fourth-order valence-electron chi connectivity index (χ4n) is 6.86. The zero-order valence-corrected chi connectivity index (χ0v) is 26.5. The van der Waals surface area contributed by atoms with Gasteiger partial charge in [0.2, 0.25) is 0 Å². The summed E-state index contributed by atoms with van der Waals surface area (Å²) in [5.41, 5.74) is 15.9. The van der Waals surface area contributed by atoms with Crippen LogP contribution in [0.3, 0.4) is 0 Å². The number of aryl methyl sites for hydroxylation is 1. The highest BCUT2D eigenvalue weighted by Gasteiger charge is 2.55. The van der Waals surface area contributed by atoms with E-state index in [2.05, 4.69) is 21.9 Å². The van der Waals surface area contributed by atoms with Crippen LogP contribution in [0.25, 0.3) is 16.7 Å². The van der Waals surface area contributed by atoms with Crippen LogP contribution in [0.2, 0.25) is 0 Å². The highest BCUT2D eigenvalue weighted by atomic mass is 16.6. The quantitative estimate of drug-likeness (QED) is 0.265. The molecule has 3 aliphatic rings. The molecule has 2 aliphatic heterocycles. The molecule has 3 aromatic rings. The first-order chi connectivity index (χ1) is 22.1. The van der Waals surface area contributed by atoms with E-state index in [0.29, 0.717) is 19.4 Å². The van der Waals surface area contributed by atoms with Gasteiger partial charge in [0.25, 0.3) is 5.69 Å². The van der Waals surface area contributed by atoms with Crippen LogP contribution in [0.4, 0.5) is 10.5 Å². The molecule has 1 saturated carbocycles. The maximum absolute atomic E-state index is 12.8. The van der Waals surface area contributed by atoms with E-state index in [1.807, 2.05) is 61.8 Å². The Hall–Kier alpha value is -4.36. The minimum absolute atomic E-state index is 0.139. The smallest absolute Gasteiger partial charge is 0.320 e. The molecule has 3 heterocycles. The summed E-state index contributed by atoms with van der Waals surface area (Å²) in [5, 5.41) is 16.3. The topological polar surface area (TPSA) is 149 Å². The molecule has 0 unspecified atom stereocenters. The first kappa shape index (κ1) is 31.6. The molecule has 0 bridgehead atoms. The van der Waals surface area contributed by atoms with Crippen molar-refractivity contribution in [1.82, 2.24) is 24.5 Å². The molecular weight excluding hydrogens is 584 g/mol. The van der Waals surface area contributed by atoms with Gasteiger partial charge in [-0.25, -0.2) is 4.79 Å². The van der Waals surface area contributed by atoms with Crippen LogP contribution in [-0.2, 0) is 24.9 Å². The lowest BCUT2D eigenvalue weighted by Crippen LogP contribution is -2.70. The Morgan fingerprint density at radius 1 is 1.02 bits per heavy atom. The van der Waals surface area contributed by atoms with Gasteiger partial charge in [-0.05, 0) is 42.7 Å². The van der Waals surface area contributed by atoms with E-state index in [-0.39, 0.29) is 17.2 Å². The number of hydrogen-bond acceptors (Lipinski definition) is 8. The van der Waals surface area contributed by atoms with Gasteiger partial charge in [-0.1, -0.05) is 55.3 Å². The van der Waals surface area contributed by atoms with Gasteiger partial charge in [-0.2, -0.15) is 5.10 Å². The van der Waals surface area contributed by atoms with E-state index in [4.69, 9.17) is 16.2 Å². The Labute approximate surface area is 269 Å².